The van der Waals surface area contributed by atoms with Crippen LogP contribution in [0.2, 0.25) is 0 Å². The first kappa shape index (κ1) is 35.3. The van der Waals surface area contributed by atoms with Crippen molar-refractivity contribution in [1.82, 2.24) is 20.9 Å². The number of aliphatic hydroxyl groups is 1. The molecule has 1 aliphatic carbocycles. The van der Waals surface area contributed by atoms with Gasteiger partial charge in [-0.25, -0.2) is 4.79 Å². The number of nitrogens with zero attached hydrogens (tertiary/aromatic N) is 1. The van der Waals surface area contributed by atoms with Gasteiger partial charge < -0.3 is 35.4 Å². The molecule has 3 aliphatic rings. The number of rotatable bonds is 11. The molecule has 2 saturated heterocycles. The molecule has 3 fully saturated rings. The monoisotopic (exact) mass is 644 g/mol. The fraction of sp³-hybridized carbons (Fsp3) is 0.828. The van der Waals surface area contributed by atoms with E-state index in [2.05, 4.69) is 20.7 Å². The Morgan fingerprint density at radius 3 is 2.28 bits per heavy atom. The Hall–Kier alpha value is -2.19. The predicted octanol–water partition coefficient (Wildman–Crippen LogP) is 2.17. The molecule has 244 valence electrons. The zero-order chi connectivity index (χ0) is 31.8. The lowest BCUT2D eigenvalue weighted by molar-refractivity contribution is -0.144. The molecule has 43 heavy (non-hydrogen) atoms. The molecular formula is C29H48N4O8S2. The van der Waals surface area contributed by atoms with E-state index in [0.717, 1.165) is 43.6 Å². The van der Waals surface area contributed by atoms with Crippen LogP contribution in [0.25, 0.3) is 0 Å². The first-order chi connectivity index (χ1) is 20.3. The van der Waals surface area contributed by atoms with Gasteiger partial charge in [0.15, 0.2) is 6.10 Å². The zero-order valence-electron chi connectivity index (χ0n) is 25.9. The Kier molecular flexibility index (Phi) is 12.9. The van der Waals surface area contributed by atoms with Gasteiger partial charge in [0.25, 0.3) is 5.91 Å². The van der Waals surface area contributed by atoms with E-state index in [9.17, 15) is 29.1 Å². The lowest BCUT2D eigenvalue weighted by Gasteiger charge is -2.35. The number of esters is 1. The minimum absolute atomic E-state index is 0.0777. The number of amides is 4. The van der Waals surface area contributed by atoms with Crippen LogP contribution in [0, 0.1) is 5.92 Å². The predicted molar refractivity (Wildman–Crippen MR) is 165 cm³/mol. The van der Waals surface area contributed by atoms with Gasteiger partial charge in [0.2, 0.25) is 11.8 Å². The van der Waals surface area contributed by atoms with Crippen LogP contribution >= 0.6 is 23.5 Å². The SMILES string of the molecule is CCCC(NC(=O)C1CC2(CN1C(=O)C(NC(=O)OC(C)(C)C)C1CCCCC1)SCCS2)C(O)C(=O)NCC(=O)OC. The average Bonchev–Trinajstić information content (AvgIpc) is 3.59. The van der Waals surface area contributed by atoms with Gasteiger partial charge in [0.05, 0.1) is 17.2 Å². The van der Waals surface area contributed by atoms with Gasteiger partial charge >= 0.3 is 12.1 Å². The Balaban J connectivity index is 1.83. The van der Waals surface area contributed by atoms with Gasteiger partial charge in [-0.3, -0.25) is 19.2 Å². The van der Waals surface area contributed by atoms with Crippen molar-refractivity contribution < 1.29 is 38.6 Å². The number of carbonyl (C=O) groups is 5. The van der Waals surface area contributed by atoms with Gasteiger partial charge in [-0.2, -0.15) is 0 Å². The molecule has 4 amide bonds. The Labute approximate surface area is 262 Å². The van der Waals surface area contributed by atoms with E-state index in [-0.39, 0.29) is 15.9 Å². The number of nitrogens with one attached hydrogen (secondary N) is 3. The minimum Gasteiger partial charge on any atom is -0.468 e. The molecule has 14 heteroatoms. The van der Waals surface area contributed by atoms with E-state index < -0.39 is 60.3 Å². The van der Waals surface area contributed by atoms with E-state index in [4.69, 9.17) is 4.74 Å². The summed E-state index contributed by atoms with van der Waals surface area (Å²) in [6.45, 7) is 7.09. The van der Waals surface area contributed by atoms with Gasteiger partial charge in [0.1, 0.15) is 24.2 Å². The molecule has 0 bridgehead atoms. The quantitative estimate of drug-likeness (QED) is 0.245. The highest BCUT2D eigenvalue weighted by atomic mass is 32.2. The maximum atomic E-state index is 14.3. The molecule has 3 rings (SSSR count). The molecule has 4 unspecified atom stereocenters. The topological polar surface area (TPSA) is 163 Å². The van der Waals surface area contributed by atoms with E-state index in [1.54, 1.807) is 49.2 Å². The number of thioether (sulfide) groups is 2. The highest BCUT2D eigenvalue weighted by molar-refractivity contribution is 8.21. The van der Waals surface area contributed by atoms with Crippen LogP contribution < -0.4 is 16.0 Å². The molecule has 0 aromatic heterocycles. The third kappa shape index (κ3) is 9.90. The molecule has 2 heterocycles. The van der Waals surface area contributed by atoms with Crippen molar-refractivity contribution >= 4 is 53.3 Å². The molecule has 0 aromatic rings. The summed E-state index contributed by atoms with van der Waals surface area (Å²) in [6.07, 6.45) is 3.58. The average molecular weight is 645 g/mol. The summed E-state index contributed by atoms with van der Waals surface area (Å²) in [6, 6.07) is -2.61. The summed E-state index contributed by atoms with van der Waals surface area (Å²) in [5, 5.41) is 18.8. The normalized spacial score (nSPS) is 22.4. The number of aliphatic hydroxyl groups excluding tert-OH is 1. The van der Waals surface area contributed by atoms with Crippen LogP contribution in [0.1, 0.15) is 79.1 Å². The van der Waals surface area contributed by atoms with Crippen LogP contribution in [0.4, 0.5) is 4.79 Å². The first-order valence-electron chi connectivity index (χ1n) is 15.2. The third-order valence-corrected chi connectivity index (χ3v) is 11.4. The molecule has 0 radical (unpaired) electrons. The summed E-state index contributed by atoms with van der Waals surface area (Å²) in [5.74, 6) is -0.516. The van der Waals surface area contributed by atoms with Crippen LogP contribution in [-0.4, -0.2) is 105 Å². The van der Waals surface area contributed by atoms with E-state index in [1.165, 1.54) is 7.11 Å². The second kappa shape index (κ2) is 15.7. The van der Waals surface area contributed by atoms with Crippen LogP contribution in [0.5, 0.6) is 0 Å². The summed E-state index contributed by atoms with van der Waals surface area (Å²) < 4.78 is 9.69. The highest BCUT2D eigenvalue weighted by Crippen LogP contribution is 2.52. The molecule has 1 spiro atoms. The number of hydrogen-bond donors (Lipinski definition) is 4. The number of alkyl carbamates (subject to hydrolysis) is 1. The molecule has 4 atom stereocenters. The van der Waals surface area contributed by atoms with Crippen LogP contribution in [0.15, 0.2) is 0 Å². The van der Waals surface area contributed by atoms with Gasteiger partial charge in [0, 0.05) is 24.5 Å². The number of methoxy groups -OCH3 is 1. The van der Waals surface area contributed by atoms with E-state index in [0.29, 0.717) is 25.8 Å². The highest BCUT2D eigenvalue weighted by Gasteiger charge is 2.53. The standard InChI is InChI=1S/C29H48N4O8S2/c1-6-10-19(23(35)25(37)30-16-21(34)40-5)31-24(36)20-15-29(42-13-14-43-29)17-33(20)26(38)22(18-11-8-7-9-12-18)32-27(39)41-28(2,3)4/h18-20,22-23,35H,6-17H2,1-5H3,(H,30,37)(H,31,36)(H,32,39). The van der Waals surface area contributed by atoms with Gasteiger partial charge in [-0.15, -0.1) is 23.5 Å². The summed E-state index contributed by atoms with van der Waals surface area (Å²) in [4.78, 5) is 66.7. The molecular weight excluding hydrogens is 596 g/mol. The van der Waals surface area contributed by atoms with Crippen LogP contribution in [-0.2, 0) is 28.7 Å². The minimum atomic E-state index is -1.60. The summed E-state index contributed by atoms with van der Waals surface area (Å²) >= 11 is 3.47. The number of carbonyl (C=O) groups excluding carboxylic acids is 5. The van der Waals surface area contributed by atoms with Crippen molar-refractivity contribution in [1.29, 1.82) is 0 Å². The maximum Gasteiger partial charge on any atom is 0.408 e. The van der Waals surface area contributed by atoms with Crippen LogP contribution in [0.3, 0.4) is 0 Å². The van der Waals surface area contributed by atoms with Crippen molar-refractivity contribution in [2.24, 2.45) is 5.92 Å². The fourth-order valence-corrected chi connectivity index (χ4v) is 9.15. The number of ether oxygens (including phenoxy) is 2. The van der Waals surface area contributed by atoms with E-state index >= 15 is 0 Å². The Morgan fingerprint density at radius 2 is 1.70 bits per heavy atom. The van der Waals surface area contributed by atoms with E-state index in [1.807, 2.05) is 6.92 Å². The second-order valence-electron chi connectivity index (χ2n) is 12.5. The van der Waals surface area contributed by atoms with Gasteiger partial charge in [-0.05, 0) is 46.0 Å². The van der Waals surface area contributed by atoms with Crippen molar-refractivity contribution in [2.75, 3.05) is 31.7 Å². The fourth-order valence-electron chi connectivity index (χ4n) is 5.89. The van der Waals surface area contributed by atoms with Crippen molar-refractivity contribution in [3.63, 3.8) is 0 Å². The molecule has 12 nitrogen and oxygen atoms in total. The largest absolute Gasteiger partial charge is 0.468 e. The summed E-state index contributed by atoms with van der Waals surface area (Å²) in [7, 11) is 1.19. The summed E-state index contributed by atoms with van der Waals surface area (Å²) in [5.41, 5.74) is -0.736. The Bertz CT molecular complexity index is 1010. The zero-order valence-corrected chi connectivity index (χ0v) is 27.6. The second-order valence-corrected chi connectivity index (χ2v) is 15.7. The lowest BCUT2D eigenvalue weighted by atomic mass is 9.83. The van der Waals surface area contributed by atoms with Gasteiger partial charge in [-0.1, -0.05) is 32.6 Å². The first-order valence-corrected chi connectivity index (χ1v) is 17.2. The smallest absolute Gasteiger partial charge is 0.408 e. The maximum absolute atomic E-state index is 14.3. The number of likely N-dealkylation sites (tertiary alicyclic amines) is 1. The van der Waals surface area contributed by atoms with Crippen molar-refractivity contribution in [3.8, 4) is 0 Å². The number of hydrogen-bond acceptors (Lipinski definition) is 10. The molecule has 2 aliphatic heterocycles. The molecule has 4 N–H and O–H groups in total. The lowest BCUT2D eigenvalue weighted by Crippen LogP contribution is -2.58. The van der Waals surface area contributed by atoms with Crippen molar-refractivity contribution in [3.05, 3.63) is 0 Å². The third-order valence-electron chi connectivity index (χ3n) is 7.96. The van der Waals surface area contributed by atoms with Crippen molar-refractivity contribution in [2.45, 2.75) is 113 Å². The molecule has 1 saturated carbocycles. The Morgan fingerprint density at radius 1 is 1.05 bits per heavy atom. The molecule has 0 aromatic carbocycles.